The minimum absolute atomic E-state index is 0.206. The molecule has 2 aromatic carbocycles. The molecule has 0 amide bonds. The summed E-state index contributed by atoms with van der Waals surface area (Å²) in [7, 11) is -1.78. The number of fused-ring (bicyclic) bond motifs is 2. The van der Waals surface area contributed by atoms with Crippen molar-refractivity contribution in [2.75, 3.05) is 26.2 Å². The first kappa shape index (κ1) is 44.0. The van der Waals surface area contributed by atoms with Gasteiger partial charge in [0.1, 0.15) is 11.7 Å². The first-order chi connectivity index (χ1) is 31.0. The van der Waals surface area contributed by atoms with E-state index in [1.54, 1.807) is 12.1 Å². The van der Waals surface area contributed by atoms with Gasteiger partial charge in [0.25, 0.3) is 0 Å². The number of guanidine groups is 2. The Bertz CT molecular complexity index is 2780. The molecule has 0 bridgehead atoms. The third-order valence-electron chi connectivity index (χ3n) is 11.3. The number of amidine groups is 2. The van der Waals surface area contributed by atoms with E-state index in [0.29, 0.717) is 17.5 Å². The van der Waals surface area contributed by atoms with Crippen molar-refractivity contribution < 1.29 is 18.8 Å². The highest BCUT2D eigenvalue weighted by molar-refractivity contribution is 9.10. The van der Waals surface area contributed by atoms with Gasteiger partial charge in [0, 0.05) is 90.7 Å². The Hall–Kier alpha value is -6.64. The number of rotatable bonds is 8. The van der Waals surface area contributed by atoms with Crippen LogP contribution in [0.4, 0.5) is 8.78 Å². The van der Waals surface area contributed by atoms with Crippen molar-refractivity contribution in [1.29, 1.82) is 0 Å². The number of hydrogen-bond donors (Lipinski definition) is 4. The Morgan fingerprint density at radius 2 is 1.22 bits per heavy atom. The smallest absolute Gasteiger partial charge is 0.423 e. The lowest BCUT2D eigenvalue weighted by Crippen LogP contribution is -2.46. The van der Waals surface area contributed by atoms with Crippen LogP contribution >= 0.6 is 15.9 Å². The third-order valence-corrected chi connectivity index (χ3v) is 11.8. The van der Waals surface area contributed by atoms with Crippen LogP contribution in [0.1, 0.15) is 48.9 Å². The lowest BCUT2D eigenvalue weighted by molar-refractivity contribution is 0.422. The minimum atomic E-state index is -1.78. The van der Waals surface area contributed by atoms with E-state index in [2.05, 4.69) is 55.2 Å². The van der Waals surface area contributed by atoms with Gasteiger partial charge in [0.2, 0.25) is 11.9 Å². The number of pyridine rings is 2. The number of nitrogens with zero attached hydrogens (tertiary/aromatic N) is 12. The summed E-state index contributed by atoms with van der Waals surface area (Å²) in [5.41, 5.74) is 15.7. The maximum atomic E-state index is 14.4. The topological polar surface area (TPSA) is 210 Å². The fraction of sp³-hybridized carbons (Fsp3) is 0.273. The van der Waals surface area contributed by atoms with Crippen molar-refractivity contribution in [3.05, 3.63) is 149 Å². The van der Waals surface area contributed by atoms with Gasteiger partial charge >= 0.3 is 7.12 Å². The number of halogens is 3. The van der Waals surface area contributed by atoms with E-state index < -0.39 is 30.1 Å². The molecule has 0 saturated heterocycles. The van der Waals surface area contributed by atoms with Crippen LogP contribution in [0.15, 0.2) is 134 Å². The SMILES string of the molecule is CCn1cc(C2(c3cccc(-c4cccnc4F)c3)N=C(N)N3CCCN=C32)cn1.CCn1cc(C2(c3cccc(Br)c3)N=C(N)N3CCCN=C32)cn1.OB(O)c1cccnc1F. The van der Waals surface area contributed by atoms with Crippen LogP contribution in [0, 0.1) is 11.9 Å². The van der Waals surface area contributed by atoms with Gasteiger partial charge in [-0.1, -0.05) is 52.3 Å². The molecule has 0 saturated carbocycles. The highest BCUT2D eigenvalue weighted by atomic mass is 79.9. The van der Waals surface area contributed by atoms with Crippen molar-refractivity contribution >= 4 is 52.1 Å². The molecule has 20 heteroatoms. The monoisotopic (exact) mass is 930 g/mol. The highest BCUT2D eigenvalue weighted by Crippen LogP contribution is 2.44. The van der Waals surface area contributed by atoms with Gasteiger partial charge in [0.05, 0.1) is 12.4 Å². The van der Waals surface area contributed by atoms with Crippen LogP contribution in [0.5, 0.6) is 0 Å². The summed E-state index contributed by atoms with van der Waals surface area (Å²) in [6, 6.07) is 22.0. The zero-order valence-electron chi connectivity index (χ0n) is 35.2. The van der Waals surface area contributed by atoms with Crippen LogP contribution in [0.25, 0.3) is 11.1 Å². The molecule has 0 fully saturated rings. The van der Waals surface area contributed by atoms with Crippen LogP contribution in [-0.4, -0.2) is 106 Å². The molecule has 10 rings (SSSR count). The molecular weight excluding hydrogens is 885 g/mol. The number of aromatic nitrogens is 6. The van der Waals surface area contributed by atoms with E-state index in [9.17, 15) is 8.78 Å². The number of benzene rings is 2. The Morgan fingerprint density at radius 3 is 1.70 bits per heavy atom. The first-order valence-corrected chi connectivity index (χ1v) is 21.6. The number of aryl methyl sites for hydroxylation is 2. The second-order valence-corrected chi connectivity index (χ2v) is 16.1. The number of aliphatic imine (C=N–C) groups is 4. The molecule has 0 radical (unpaired) electrons. The van der Waals surface area contributed by atoms with E-state index in [1.807, 2.05) is 87.3 Å². The Balaban J connectivity index is 0.000000147. The predicted molar refractivity (Wildman–Crippen MR) is 246 cm³/mol. The molecular formula is C44H46BBrF2N14O2. The van der Waals surface area contributed by atoms with Gasteiger partial charge in [-0.05, 0) is 79.8 Å². The van der Waals surface area contributed by atoms with Crippen LogP contribution in [0.3, 0.4) is 0 Å². The van der Waals surface area contributed by atoms with Gasteiger partial charge in [-0.25, -0.2) is 20.0 Å². The average Bonchev–Trinajstić information content (AvgIpc) is 4.12. The lowest BCUT2D eigenvalue weighted by Gasteiger charge is -2.32. The molecule has 16 nitrogen and oxygen atoms in total. The Labute approximate surface area is 377 Å². The molecule has 6 aromatic rings. The predicted octanol–water partition coefficient (Wildman–Crippen LogP) is 4.02. The summed E-state index contributed by atoms with van der Waals surface area (Å²) < 4.78 is 31.6. The molecule has 4 aliphatic rings. The van der Waals surface area contributed by atoms with Crippen molar-refractivity contribution in [1.82, 2.24) is 39.3 Å². The third kappa shape index (κ3) is 8.19. The molecule has 2 unspecified atom stereocenters. The van der Waals surface area contributed by atoms with Crippen LogP contribution < -0.4 is 16.9 Å². The van der Waals surface area contributed by atoms with Gasteiger partial charge in [-0.3, -0.25) is 29.1 Å². The summed E-state index contributed by atoms with van der Waals surface area (Å²) in [6.07, 6.45) is 12.3. The maximum Gasteiger partial charge on any atom is 0.493 e. The second-order valence-electron chi connectivity index (χ2n) is 15.1. The van der Waals surface area contributed by atoms with Crippen LogP contribution in [0.2, 0.25) is 0 Å². The summed E-state index contributed by atoms with van der Waals surface area (Å²) >= 11 is 3.57. The van der Waals surface area contributed by atoms with Gasteiger partial charge in [-0.15, -0.1) is 0 Å². The summed E-state index contributed by atoms with van der Waals surface area (Å²) in [6.45, 7) is 8.80. The minimum Gasteiger partial charge on any atom is -0.423 e. The first-order valence-electron chi connectivity index (χ1n) is 20.9. The Morgan fingerprint density at radius 1 is 0.688 bits per heavy atom. The van der Waals surface area contributed by atoms with Crippen molar-refractivity contribution in [2.45, 2.75) is 50.9 Å². The zero-order chi connectivity index (χ0) is 45.0. The van der Waals surface area contributed by atoms with Crippen LogP contribution in [-0.2, 0) is 24.2 Å². The zero-order valence-corrected chi connectivity index (χ0v) is 36.8. The molecule has 328 valence electrons. The van der Waals surface area contributed by atoms with E-state index in [-0.39, 0.29) is 5.46 Å². The van der Waals surface area contributed by atoms with Crippen molar-refractivity contribution in [2.24, 2.45) is 31.4 Å². The summed E-state index contributed by atoms with van der Waals surface area (Å²) in [4.78, 5) is 30.5. The second kappa shape index (κ2) is 18.6. The Kier molecular flexibility index (Phi) is 12.8. The molecule has 0 spiro atoms. The van der Waals surface area contributed by atoms with E-state index >= 15 is 0 Å². The number of hydrogen-bond acceptors (Lipinski definition) is 14. The standard InChI is InChI=1S/C22H22FN7.C17H19BrN6.C5H5BFNO2/c1-2-29-14-17(13-27-29)22(20-26-10-5-11-30(20)21(24)28-22)16-7-3-6-15(12-16)18-8-4-9-25-19(18)23;1-2-23-11-13(10-21-23)17(12-5-3-6-14(18)9-12)15-20-7-4-8-24(15)16(19)22-17;7-5-4(6(9)10)2-1-3-8-5/h3-4,6-9,12-14H,2,5,10-11H2,1H3,(H2,24,28);3,5-6,9-11H,2,4,7-8H2,1H3,(H2,19,22);1-3,9-10H. The van der Waals surface area contributed by atoms with E-state index in [1.165, 1.54) is 24.5 Å². The fourth-order valence-corrected chi connectivity index (χ4v) is 8.61. The maximum absolute atomic E-state index is 14.4. The molecule has 8 heterocycles. The van der Waals surface area contributed by atoms with Crippen molar-refractivity contribution in [3.8, 4) is 11.1 Å². The molecule has 2 atom stereocenters. The molecule has 4 aromatic heterocycles. The quantitative estimate of drug-likeness (QED) is 0.127. The largest absolute Gasteiger partial charge is 0.493 e. The molecule has 6 N–H and O–H groups in total. The van der Waals surface area contributed by atoms with Gasteiger partial charge < -0.3 is 21.5 Å². The average molecular weight is 932 g/mol. The highest BCUT2D eigenvalue weighted by Gasteiger charge is 2.51. The summed E-state index contributed by atoms with van der Waals surface area (Å²) in [5, 5.41) is 25.9. The van der Waals surface area contributed by atoms with Crippen molar-refractivity contribution in [3.63, 3.8) is 0 Å². The lowest BCUT2D eigenvalue weighted by atomic mass is 9.81. The normalized spacial score (nSPS) is 19.8. The molecule has 4 aliphatic heterocycles. The fourth-order valence-electron chi connectivity index (χ4n) is 8.21. The van der Waals surface area contributed by atoms with Gasteiger partial charge in [-0.2, -0.15) is 19.0 Å². The van der Waals surface area contributed by atoms with E-state index in [0.717, 1.165) is 96.1 Å². The van der Waals surface area contributed by atoms with Gasteiger partial charge in [0.15, 0.2) is 23.0 Å². The number of nitrogens with two attached hydrogens (primary N) is 2. The molecule has 64 heavy (non-hydrogen) atoms. The molecule has 0 aliphatic carbocycles. The van der Waals surface area contributed by atoms with E-state index in [4.69, 9.17) is 41.5 Å². The summed E-state index contributed by atoms with van der Waals surface area (Å²) in [5.74, 6) is 1.31.